The summed E-state index contributed by atoms with van der Waals surface area (Å²) in [4.78, 5) is 30.8. The van der Waals surface area contributed by atoms with E-state index in [1.807, 2.05) is 19.9 Å². The van der Waals surface area contributed by atoms with Crippen LogP contribution in [0.4, 0.5) is 4.39 Å². The first kappa shape index (κ1) is 16.5. The summed E-state index contributed by atoms with van der Waals surface area (Å²) in [6.07, 6.45) is 5.11. The molecule has 0 radical (unpaired) electrons. The van der Waals surface area contributed by atoms with Crippen molar-refractivity contribution in [2.75, 3.05) is 13.1 Å². The second-order valence-corrected chi connectivity index (χ2v) is 7.82. The van der Waals surface area contributed by atoms with Crippen LogP contribution >= 0.6 is 0 Å². The second-order valence-electron chi connectivity index (χ2n) is 7.82. The Kier molecular flexibility index (Phi) is 3.32. The second kappa shape index (κ2) is 5.24. The number of Topliss-reactive ketones (excluding diaryl/α,β-unsaturated/α-hetero) is 1. The summed E-state index contributed by atoms with van der Waals surface area (Å²) >= 11 is 0. The van der Waals surface area contributed by atoms with Crippen molar-refractivity contribution in [3.63, 3.8) is 0 Å². The lowest BCUT2D eigenvalue weighted by Gasteiger charge is -2.53. The van der Waals surface area contributed by atoms with Crippen molar-refractivity contribution in [3.05, 3.63) is 47.7 Å². The van der Waals surface area contributed by atoms with Gasteiger partial charge in [0, 0.05) is 36.3 Å². The van der Waals surface area contributed by atoms with Crippen LogP contribution in [0.15, 0.2) is 36.2 Å². The van der Waals surface area contributed by atoms with Crippen LogP contribution in [0, 0.1) is 28.0 Å². The Hall–Kier alpha value is -3.01. The minimum absolute atomic E-state index is 0.141. The topological polar surface area (TPSA) is 78.5 Å². The predicted octanol–water partition coefficient (Wildman–Crippen LogP) is 2.36. The summed E-state index contributed by atoms with van der Waals surface area (Å²) in [5.74, 6) is -0.779. The summed E-state index contributed by atoms with van der Waals surface area (Å²) in [7, 11) is 0. The van der Waals surface area contributed by atoms with Gasteiger partial charge in [-0.3, -0.25) is 9.59 Å². The normalized spacial score (nSPS) is 20.6. The quantitative estimate of drug-likeness (QED) is 0.789. The highest BCUT2D eigenvalue weighted by molar-refractivity contribution is 6.04. The standard InChI is InChI=1S/C19H17FN4O2/c1-18(2)9-19(5-12(6-21)16(18)25)10-24(11-19)17(26)14-8-23-7-13(20)3-4-15(23)22-14/h3-5,7-8H,9-11H2,1-2H3. The number of pyridine rings is 1. The first-order valence-corrected chi connectivity index (χ1v) is 8.34. The van der Waals surface area contributed by atoms with Gasteiger partial charge in [-0.2, -0.15) is 5.26 Å². The van der Waals surface area contributed by atoms with E-state index >= 15 is 0 Å². The maximum absolute atomic E-state index is 13.3. The predicted molar refractivity (Wildman–Crippen MR) is 90.6 cm³/mol. The van der Waals surface area contributed by atoms with Gasteiger partial charge < -0.3 is 9.30 Å². The first-order chi connectivity index (χ1) is 12.2. The highest BCUT2D eigenvalue weighted by Crippen LogP contribution is 2.48. The van der Waals surface area contributed by atoms with E-state index in [4.69, 9.17) is 0 Å². The lowest BCUT2D eigenvalue weighted by molar-refractivity contribution is -0.127. The number of amides is 1. The van der Waals surface area contributed by atoms with Crippen LogP contribution in [0.3, 0.4) is 0 Å². The molecule has 26 heavy (non-hydrogen) atoms. The molecule has 1 aliphatic heterocycles. The van der Waals surface area contributed by atoms with Gasteiger partial charge in [-0.25, -0.2) is 9.37 Å². The number of aromatic nitrogens is 2. The summed E-state index contributed by atoms with van der Waals surface area (Å²) < 4.78 is 14.8. The Labute approximate surface area is 149 Å². The summed E-state index contributed by atoms with van der Waals surface area (Å²) in [5.41, 5.74) is -0.0300. The van der Waals surface area contributed by atoms with Crippen LogP contribution in [0.25, 0.3) is 5.65 Å². The van der Waals surface area contributed by atoms with Gasteiger partial charge in [-0.15, -0.1) is 0 Å². The molecule has 1 aliphatic carbocycles. The molecule has 0 atom stereocenters. The van der Waals surface area contributed by atoms with E-state index in [1.165, 1.54) is 28.9 Å². The average Bonchev–Trinajstić information content (AvgIpc) is 2.97. The van der Waals surface area contributed by atoms with Crippen molar-refractivity contribution in [3.8, 4) is 6.07 Å². The molecule has 1 spiro atoms. The number of carbonyl (C=O) groups excluding carboxylic acids is 2. The average molecular weight is 352 g/mol. The first-order valence-electron chi connectivity index (χ1n) is 8.34. The van der Waals surface area contributed by atoms with Gasteiger partial charge in [-0.05, 0) is 18.6 Å². The molecule has 1 fully saturated rings. The number of allylic oxidation sites excluding steroid dienone is 1. The number of carbonyl (C=O) groups is 2. The number of halogens is 1. The smallest absolute Gasteiger partial charge is 0.274 e. The number of fused-ring (bicyclic) bond motifs is 1. The summed E-state index contributed by atoms with van der Waals surface area (Å²) in [6, 6.07) is 4.80. The molecule has 7 heteroatoms. The maximum Gasteiger partial charge on any atom is 0.274 e. The molecule has 0 aromatic carbocycles. The largest absolute Gasteiger partial charge is 0.335 e. The number of imidazole rings is 1. The number of ketones is 1. The minimum Gasteiger partial charge on any atom is -0.335 e. The fourth-order valence-corrected chi connectivity index (χ4v) is 4.12. The Morgan fingerprint density at radius 2 is 2.04 bits per heavy atom. The van der Waals surface area contributed by atoms with E-state index in [0.29, 0.717) is 25.2 Å². The van der Waals surface area contributed by atoms with Gasteiger partial charge in [0.2, 0.25) is 0 Å². The van der Waals surface area contributed by atoms with Crippen molar-refractivity contribution in [2.45, 2.75) is 20.3 Å². The SMILES string of the molecule is CC1(C)CC2(C=C(C#N)C1=O)CN(C(=O)c1cn3cc(F)ccc3n1)C2. The lowest BCUT2D eigenvalue weighted by atomic mass is 9.61. The monoisotopic (exact) mass is 352 g/mol. The van der Waals surface area contributed by atoms with Crippen molar-refractivity contribution in [2.24, 2.45) is 10.8 Å². The van der Waals surface area contributed by atoms with Crippen LogP contribution in [0.1, 0.15) is 30.8 Å². The van der Waals surface area contributed by atoms with E-state index in [2.05, 4.69) is 4.98 Å². The Bertz CT molecular complexity index is 1020. The molecule has 0 bridgehead atoms. The molecular formula is C19H17FN4O2. The lowest BCUT2D eigenvalue weighted by Crippen LogP contribution is -2.60. The molecule has 1 saturated heterocycles. The van der Waals surface area contributed by atoms with Gasteiger partial charge in [0.15, 0.2) is 5.78 Å². The molecule has 0 N–H and O–H groups in total. The molecule has 6 nitrogen and oxygen atoms in total. The Morgan fingerprint density at radius 3 is 2.73 bits per heavy atom. The summed E-state index contributed by atoms with van der Waals surface area (Å²) in [5, 5.41) is 9.24. The van der Waals surface area contributed by atoms with E-state index in [9.17, 15) is 19.2 Å². The third-order valence-electron chi connectivity index (χ3n) is 5.16. The van der Waals surface area contributed by atoms with Gasteiger partial charge in [0.05, 0.1) is 5.57 Å². The van der Waals surface area contributed by atoms with E-state index in [-0.39, 0.29) is 28.4 Å². The molecular weight excluding hydrogens is 335 g/mol. The van der Waals surface area contributed by atoms with Crippen LogP contribution in [-0.2, 0) is 4.79 Å². The van der Waals surface area contributed by atoms with Gasteiger partial charge >= 0.3 is 0 Å². The Morgan fingerprint density at radius 1 is 1.31 bits per heavy atom. The zero-order chi connectivity index (χ0) is 18.7. The van der Waals surface area contributed by atoms with Gasteiger partial charge in [0.25, 0.3) is 5.91 Å². The molecule has 2 aliphatic rings. The van der Waals surface area contributed by atoms with Crippen LogP contribution in [0.5, 0.6) is 0 Å². The number of nitriles is 1. The Balaban J connectivity index is 1.57. The highest BCUT2D eigenvalue weighted by Gasteiger charge is 2.52. The van der Waals surface area contributed by atoms with E-state index in [1.54, 1.807) is 11.0 Å². The number of hydrogen-bond acceptors (Lipinski definition) is 4. The molecule has 4 rings (SSSR count). The molecule has 0 saturated carbocycles. The van der Waals surface area contributed by atoms with Gasteiger partial charge in [0.1, 0.15) is 23.2 Å². The van der Waals surface area contributed by atoms with E-state index < -0.39 is 11.2 Å². The molecule has 3 heterocycles. The van der Waals surface area contributed by atoms with E-state index in [0.717, 1.165) is 0 Å². The van der Waals surface area contributed by atoms with Crippen molar-refractivity contribution < 1.29 is 14.0 Å². The zero-order valence-corrected chi connectivity index (χ0v) is 14.5. The van der Waals surface area contributed by atoms with Crippen LogP contribution in [-0.4, -0.2) is 39.1 Å². The highest BCUT2D eigenvalue weighted by atomic mass is 19.1. The molecule has 2 aromatic rings. The molecule has 0 unspecified atom stereocenters. The minimum atomic E-state index is -0.616. The van der Waals surface area contributed by atoms with Crippen molar-refractivity contribution in [1.82, 2.24) is 14.3 Å². The number of hydrogen-bond donors (Lipinski definition) is 0. The molecule has 1 amide bonds. The fourth-order valence-electron chi connectivity index (χ4n) is 4.12. The number of nitrogens with zero attached hydrogens (tertiary/aromatic N) is 4. The van der Waals surface area contributed by atoms with Crippen molar-refractivity contribution >= 4 is 17.3 Å². The van der Waals surface area contributed by atoms with Gasteiger partial charge in [-0.1, -0.05) is 19.9 Å². The van der Waals surface area contributed by atoms with Crippen LogP contribution in [0.2, 0.25) is 0 Å². The summed E-state index contributed by atoms with van der Waals surface area (Å²) in [6.45, 7) is 4.55. The zero-order valence-electron chi connectivity index (χ0n) is 14.5. The van der Waals surface area contributed by atoms with Crippen LogP contribution < -0.4 is 0 Å². The number of likely N-dealkylation sites (tertiary alicyclic amines) is 1. The maximum atomic E-state index is 13.3. The number of rotatable bonds is 1. The molecule has 132 valence electrons. The molecule has 2 aromatic heterocycles. The third-order valence-corrected chi connectivity index (χ3v) is 5.16. The van der Waals surface area contributed by atoms with Crippen molar-refractivity contribution in [1.29, 1.82) is 5.26 Å². The fraction of sp³-hybridized carbons (Fsp3) is 0.368. The third kappa shape index (κ3) is 2.41.